The Balaban J connectivity index is 2.24. The Hall–Kier alpha value is -3.09. The van der Waals surface area contributed by atoms with Gasteiger partial charge in [0, 0.05) is 0 Å². The first-order valence-electron chi connectivity index (χ1n) is 6.58. The van der Waals surface area contributed by atoms with Crippen molar-refractivity contribution in [3.05, 3.63) is 65.2 Å². The van der Waals surface area contributed by atoms with Crippen LogP contribution in [-0.2, 0) is 10.1 Å². The van der Waals surface area contributed by atoms with Crippen molar-refractivity contribution in [2.24, 2.45) is 0 Å². The summed E-state index contributed by atoms with van der Waals surface area (Å²) in [6.45, 7) is 1.89. The highest BCUT2D eigenvalue weighted by Crippen LogP contribution is 2.20. The van der Waals surface area contributed by atoms with Crippen molar-refractivity contribution in [3.63, 3.8) is 0 Å². The zero-order valence-corrected chi connectivity index (χ0v) is 13.0. The Labute approximate surface area is 134 Å². The van der Waals surface area contributed by atoms with Gasteiger partial charge in [-0.1, -0.05) is 29.8 Å². The minimum Gasteiger partial charge on any atom is -0.379 e. The number of hydrogen-bond acceptors (Lipinski definition) is 5. The molecular weight excluding hydrogens is 312 g/mol. The summed E-state index contributed by atoms with van der Waals surface area (Å²) in [5, 5.41) is 17.4. The van der Waals surface area contributed by atoms with E-state index in [0.29, 0.717) is 5.56 Å². The fraction of sp³-hybridized carbons (Fsp3) is 0.0588. The van der Waals surface area contributed by atoms with Crippen LogP contribution >= 0.6 is 0 Å². The van der Waals surface area contributed by atoms with E-state index in [1.807, 2.05) is 6.92 Å². The van der Waals surface area contributed by atoms with Gasteiger partial charge in [0.2, 0.25) is 0 Å². The second-order valence-electron chi connectivity index (χ2n) is 4.70. The maximum atomic E-state index is 12.2. The van der Waals surface area contributed by atoms with Gasteiger partial charge in [-0.3, -0.25) is 0 Å². The minimum absolute atomic E-state index is 0.00862. The summed E-state index contributed by atoms with van der Waals surface area (Å²) in [6.07, 6.45) is 1.37. The number of rotatable bonds is 4. The quantitative estimate of drug-likeness (QED) is 0.636. The Bertz CT molecular complexity index is 898. The lowest BCUT2D eigenvalue weighted by Crippen LogP contribution is -2.09. The molecule has 0 atom stereocenters. The first-order valence-corrected chi connectivity index (χ1v) is 7.98. The number of hydrogen-bond donors (Lipinski definition) is 0. The maximum Gasteiger partial charge on any atom is 0.339 e. The van der Waals surface area contributed by atoms with Crippen LogP contribution in [-0.4, -0.2) is 8.42 Å². The summed E-state index contributed by atoms with van der Waals surface area (Å²) in [6, 6.07) is 15.9. The van der Waals surface area contributed by atoms with Crippen molar-refractivity contribution in [2.75, 3.05) is 0 Å². The summed E-state index contributed by atoms with van der Waals surface area (Å²) in [4.78, 5) is -0.00862. The largest absolute Gasteiger partial charge is 0.379 e. The smallest absolute Gasteiger partial charge is 0.339 e. The highest BCUT2D eigenvalue weighted by Gasteiger charge is 2.16. The predicted octanol–water partition coefficient (Wildman–Crippen LogP) is 3.19. The van der Waals surface area contributed by atoms with Gasteiger partial charge < -0.3 is 4.18 Å². The molecular formula is C17H12N2O3S. The van der Waals surface area contributed by atoms with Crippen molar-refractivity contribution in [2.45, 2.75) is 11.8 Å². The van der Waals surface area contributed by atoms with E-state index in [1.165, 1.54) is 30.3 Å². The maximum absolute atomic E-state index is 12.2. The van der Waals surface area contributed by atoms with E-state index in [1.54, 1.807) is 36.4 Å². The molecule has 2 aromatic carbocycles. The highest BCUT2D eigenvalue weighted by molar-refractivity contribution is 7.87. The summed E-state index contributed by atoms with van der Waals surface area (Å²) >= 11 is 0. The van der Waals surface area contributed by atoms with E-state index in [9.17, 15) is 8.42 Å². The molecule has 0 fully saturated rings. The molecule has 0 unspecified atom stereocenters. The molecule has 114 valence electrons. The van der Waals surface area contributed by atoms with E-state index in [-0.39, 0.29) is 16.2 Å². The number of nitrogens with zero attached hydrogens (tertiary/aromatic N) is 2. The monoisotopic (exact) mass is 324 g/mol. The molecule has 0 heterocycles. The average molecular weight is 324 g/mol. The van der Waals surface area contributed by atoms with Gasteiger partial charge in [0.25, 0.3) is 0 Å². The van der Waals surface area contributed by atoms with Gasteiger partial charge in [-0.05, 0) is 42.8 Å². The third-order valence-corrected chi connectivity index (χ3v) is 4.21. The fourth-order valence-corrected chi connectivity index (χ4v) is 2.69. The number of aryl methyl sites for hydroxylation is 1. The van der Waals surface area contributed by atoms with E-state index in [2.05, 4.69) is 0 Å². The molecule has 0 aliphatic carbocycles. The lowest BCUT2D eigenvalue weighted by atomic mass is 10.1. The first kappa shape index (κ1) is 16.3. The van der Waals surface area contributed by atoms with Crippen molar-refractivity contribution in [1.82, 2.24) is 0 Å². The summed E-state index contributed by atoms with van der Waals surface area (Å²) < 4.78 is 29.4. The van der Waals surface area contributed by atoms with Gasteiger partial charge in [0.1, 0.15) is 28.4 Å². The van der Waals surface area contributed by atoms with Crippen molar-refractivity contribution in [3.8, 4) is 17.9 Å². The number of benzene rings is 2. The van der Waals surface area contributed by atoms with Gasteiger partial charge in [0.15, 0.2) is 0 Å². The van der Waals surface area contributed by atoms with Crippen molar-refractivity contribution >= 4 is 16.2 Å². The second-order valence-corrected chi connectivity index (χ2v) is 6.25. The minimum atomic E-state index is -3.93. The third kappa shape index (κ3) is 4.19. The topological polar surface area (TPSA) is 90.9 Å². The molecule has 6 heteroatoms. The van der Waals surface area contributed by atoms with Crippen LogP contribution in [0.5, 0.6) is 5.75 Å². The molecule has 0 saturated carbocycles. The van der Waals surface area contributed by atoms with Crippen LogP contribution in [0.2, 0.25) is 0 Å². The SMILES string of the molecule is Cc1ccc(OS(=O)(=O)c2ccc(C=C(C#N)C#N)cc2)cc1. The average Bonchev–Trinajstić information content (AvgIpc) is 2.55. The van der Waals surface area contributed by atoms with Crippen LogP contribution in [0.4, 0.5) is 0 Å². The van der Waals surface area contributed by atoms with E-state index in [0.717, 1.165) is 5.56 Å². The third-order valence-electron chi connectivity index (χ3n) is 2.95. The molecule has 0 saturated heterocycles. The van der Waals surface area contributed by atoms with Crippen LogP contribution in [0, 0.1) is 29.6 Å². The van der Waals surface area contributed by atoms with Crippen molar-refractivity contribution in [1.29, 1.82) is 10.5 Å². The zero-order chi connectivity index (χ0) is 16.9. The Kier molecular flexibility index (Phi) is 4.80. The van der Waals surface area contributed by atoms with Crippen LogP contribution < -0.4 is 4.18 Å². The summed E-state index contributed by atoms with van der Waals surface area (Å²) in [5.74, 6) is 0.232. The molecule has 0 aliphatic rings. The molecule has 5 nitrogen and oxygen atoms in total. The summed E-state index contributed by atoms with van der Waals surface area (Å²) in [5.41, 5.74) is 1.49. The van der Waals surface area contributed by atoms with Gasteiger partial charge in [-0.25, -0.2) is 0 Å². The van der Waals surface area contributed by atoms with Crippen LogP contribution in [0.25, 0.3) is 6.08 Å². The number of allylic oxidation sites excluding steroid dienone is 1. The summed E-state index contributed by atoms with van der Waals surface area (Å²) in [7, 11) is -3.93. The standard InChI is InChI=1S/C17H12N2O3S/c1-13-2-6-16(7-3-13)22-23(20,21)17-8-4-14(5-9-17)10-15(11-18)12-19/h2-10H,1H3. The first-order chi connectivity index (χ1) is 10.9. The van der Waals surface area contributed by atoms with Crippen LogP contribution in [0.3, 0.4) is 0 Å². The van der Waals surface area contributed by atoms with Gasteiger partial charge >= 0.3 is 10.1 Å². The molecule has 0 spiro atoms. The number of nitriles is 2. The molecule has 0 radical (unpaired) electrons. The Morgan fingerprint density at radius 2 is 1.57 bits per heavy atom. The predicted molar refractivity (Wildman–Crippen MR) is 84.6 cm³/mol. The Morgan fingerprint density at radius 3 is 2.09 bits per heavy atom. The lowest BCUT2D eigenvalue weighted by molar-refractivity contribution is 0.486. The van der Waals surface area contributed by atoms with E-state index in [4.69, 9.17) is 14.7 Å². The fourth-order valence-electron chi connectivity index (χ4n) is 1.76. The molecule has 23 heavy (non-hydrogen) atoms. The lowest BCUT2D eigenvalue weighted by Gasteiger charge is -2.07. The molecule has 2 aromatic rings. The van der Waals surface area contributed by atoms with Crippen LogP contribution in [0.1, 0.15) is 11.1 Å². The molecule has 0 aliphatic heterocycles. The molecule has 2 rings (SSSR count). The van der Waals surface area contributed by atoms with E-state index < -0.39 is 10.1 Å². The Morgan fingerprint density at radius 1 is 1.00 bits per heavy atom. The van der Waals surface area contributed by atoms with E-state index >= 15 is 0 Å². The molecule has 0 amide bonds. The van der Waals surface area contributed by atoms with Gasteiger partial charge in [0.05, 0.1) is 0 Å². The van der Waals surface area contributed by atoms with Gasteiger partial charge in [-0.2, -0.15) is 18.9 Å². The molecule has 0 aromatic heterocycles. The highest BCUT2D eigenvalue weighted by atomic mass is 32.2. The second kappa shape index (κ2) is 6.78. The zero-order valence-electron chi connectivity index (χ0n) is 12.2. The van der Waals surface area contributed by atoms with Crippen LogP contribution in [0.15, 0.2) is 59.0 Å². The normalized spacial score (nSPS) is 10.2. The molecule has 0 bridgehead atoms. The molecule has 0 N–H and O–H groups in total. The van der Waals surface area contributed by atoms with Crippen molar-refractivity contribution < 1.29 is 12.6 Å². The van der Waals surface area contributed by atoms with Gasteiger partial charge in [-0.15, -0.1) is 0 Å².